The van der Waals surface area contributed by atoms with E-state index < -0.39 is 18.0 Å². The largest absolute Gasteiger partial charge is 0.481 e. The molecule has 4 rings (SSSR count). The van der Waals surface area contributed by atoms with Crippen molar-refractivity contribution in [2.45, 2.75) is 64.8 Å². The fourth-order valence-corrected chi connectivity index (χ4v) is 6.11. The molecule has 4 fully saturated rings. The lowest BCUT2D eigenvalue weighted by atomic mass is 9.43. The highest BCUT2D eigenvalue weighted by atomic mass is 16.5. The minimum Gasteiger partial charge on any atom is -0.481 e. The topological polar surface area (TPSA) is 75.6 Å². The summed E-state index contributed by atoms with van der Waals surface area (Å²) < 4.78 is 5.14. The van der Waals surface area contributed by atoms with Crippen LogP contribution in [0, 0.1) is 22.7 Å². The number of aliphatic carboxylic acids is 1. The van der Waals surface area contributed by atoms with Gasteiger partial charge < -0.3 is 15.2 Å². The van der Waals surface area contributed by atoms with E-state index in [0.29, 0.717) is 16.7 Å². The molecular weight excluding hydrogens is 282 g/mol. The quantitative estimate of drug-likeness (QED) is 0.836. The number of alkyl carbamates (subject to hydrolysis) is 1. The molecule has 0 aromatic heterocycles. The number of carbonyl (C=O) groups excluding carboxylic acids is 1. The van der Waals surface area contributed by atoms with Gasteiger partial charge in [0.05, 0.1) is 5.92 Å². The van der Waals surface area contributed by atoms with E-state index in [4.69, 9.17) is 9.84 Å². The lowest BCUT2D eigenvalue weighted by Crippen LogP contribution is -2.65. The number of ether oxygens (including phenoxy) is 1. The van der Waals surface area contributed by atoms with Crippen LogP contribution < -0.4 is 5.32 Å². The van der Waals surface area contributed by atoms with Crippen LogP contribution in [0.2, 0.25) is 0 Å². The molecule has 2 N–H and O–H groups in total. The molecule has 124 valence electrons. The Balaban J connectivity index is 1.65. The third-order valence-electron chi connectivity index (χ3n) is 5.88. The molecular formula is C17H27NO4. The molecule has 4 bridgehead atoms. The molecule has 2 unspecified atom stereocenters. The Morgan fingerprint density at radius 2 is 1.77 bits per heavy atom. The van der Waals surface area contributed by atoms with E-state index in [0.717, 1.165) is 19.3 Å². The molecule has 0 spiro atoms. The van der Waals surface area contributed by atoms with Crippen LogP contribution in [0.1, 0.15) is 59.3 Å². The first-order valence-corrected chi connectivity index (χ1v) is 8.31. The van der Waals surface area contributed by atoms with E-state index in [1.165, 1.54) is 19.3 Å². The van der Waals surface area contributed by atoms with E-state index in [1.54, 1.807) is 6.92 Å². The highest BCUT2D eigenvalue weighted by Crippen LogP contribution is 2.66. The van der Waals surface area contributed by atoms with Gasteiger partial charge in [0.1, 0.15) is 6.61 Å². The van der Waals surface area contributed by atoms with Crippen LogP contribution in [0.5, 0.6) is 0 Å². The van der Waals surface area contributed by atoms with E-state index in [-0.39, 0.29) is 12.1 Å². The van der Waals surface area contributed by atoms with Crippen molar-refractivity contribution in [3.8, 4) is 0 Å². The van der Waals surface area contributed by atoms with Crippen LogP contribution in [-0.4, -0.2) is 29.3 Å². The highest BCUT2D eigenvalue weighted by molar-refractivity contribution is 5.71. The minimum absolute atomic E-state index is 0.0742. The van der Waals surface area contributed by atoms with Gasteiger partial charge in [0.25, 0.3) is 0 Å². The third-order valence-corrected chi connectivity index (χ3v) is 5.88. The summed E-state index contributed by atoms with van der Waals surface area (Å²) in [4.78, 5) is 22.9. The average molecular weight is 309 g/mol. The zero-order valence-corrected chi connectivity index (χ0v) is 13.8. The summed E-state index contributed by atoms with van der Waals surface area (Å²) in [5, 5.41) is 12.0. The van der Waals surface area contributed by atoms with E-state index >= 15 is 0 Å². The summed E-state index contributed by atoms with van der Waals surface area (Å²) >= 11 is 0. The molecule has 0 saturated heterocycles. The monoisotopic (exact) mass is 309 g/mol. The van der Waals surface area contributed by atoms with Crippen molar-refractivity contribution in [2.75, 3.05) is 6.61 Å². The van der Waals surface area contributed by atoms with Crippen LogP contribution in [0.3, 0.4) is 0 Å². The molecule has 0 aliphatic heterocycles. The second-order valence-electron chi connectivity index (χ2n) is 8.87. The second kappa shape index (κ2) is 4.87. The molecule has 0 aromatic rings. The molecule has 4 aliphatic rings. The number of carboxylic acid groups (broad SMARTS) is 1. The summed E-state index contributed by atoms with van der Waals surface area (Å²) in [5.74, 6) is -0.913. The Hall–Kier alpha value is -1.26. The molecule has 3 atom stereocenters. The predicted molar refractivity (Wildman–Crippen MR) is 81.4 cm³/mol. The maximum Gasteiger partial charge on any atom is 0.407 e. The summed E-state index contributed by atoms with van der Waals surface area (Å²) in [6.45, 7) is 6.17. The van der Waals surface area contributed by atoms with Gasteiger partial charge in [0.2, 0.25) is 0 Å². The van der Waals surface area contributed by atoms with Crippen molar-refractivity contribution in [1.82, 2.24) is 5.32 Å². The molecule has 22 heavy (non-hydrogen) atoms. The fourth-order valence-electron chi connectivity index (χ4n) is 6.11. The van der Waals surface area contributed by atoms with Crippen molar-refractivity contribution < 1.29 is 19.4 Å². The van der Waals surface area contributed by atoms with Crippen LogP contribution >= 0.6 is 0 Å². The number of nitrogens with one attached hydrogen (secondary N) is 1. The van der Waals surface area contributed by atoms with Gasteiger partial charge in [-0.2, -0.15) is 0 Å². The number of hydrogen-bond acceptors (Lipinski definition) is 3. The molecule has 5 nitrogen and oxygen atoms in total. The molecule has 0 radical (unpaired) electrons. The Bertz CT molecular complexity index is 485. The van der Waals surface area contributed by atoms with Crippen LogP contribution in [0.25, 0.3) is 0 Å². The maximum atomic E-state index is 12.1. The van der Waals surface area contributed by atoms with Crippen molar-refractivity contribution in [3.63, 3.8) is 0 Å². The Kier molecular flexibility index (Phi) is 3.46. The van der Waals surface area contributed by atoms with Crippen molar-refractivity contribution in [2.24, 2.45) is 22.7 Å². The summed E-state index contributed by atoms with van der Waals surface area (Å²) in [6.07, 6.45) is 6.44. The summed E-state index contributed by atoms with van der Waals surface area (Å²) in [6, 6.07) is 0. The van der Waals surface area contributed by atoms with Gasteiger partial charge in [0.15, 0.2) is 0 Å². The summed E-state index contributed by atoms with van der Waals surface area (Å²) in [5.41, 5.74) is 0.512. The zero-order valence-electron chi connectivity index (χ0n) is 13.8. The van der Waals surface area contributed by atoms with Crippen LogP contribution in [0.15, 0.2) is 0 Å². The van der Waals surface area contributed by atoms with Gasteiger partial charge in [-0.05, 0) is 62.2 Å². The Morgan fingerprint density at radius 1 is 1.18 bits per heavy atom. The smallest absolute Gasteiger partial charge is 0.407 e. The SMILES string of the molecule is C[C@@H](COC(=O)NC12CC3CC(C)(CC(C)(C3)C1)C2)C(=O)O. The first-order valence-electron chi connectivity index (χ1n) is 8.31. The Labute approximate surface area is 131 Å². The van der Waals surface area contributed by atoms with Gasteiger partial charge >= 0.3 is 12.1 Å². The molecule has 1 amide bonds. The van der Waals surface area contributed by atoms with Gasteiger partial charge in [-0.1, -0.05) is 13.8 Å². The number of amides is 1. The first kappa shape index (κ1) is 15.6. The van der Waals surface area contributed by atoms with Gasteiger partial charge in [-0.15, -0.1) is 0 Å². The molecule has 5 heteroatoms. The average Bonchev–Trinajstić information content (AvgIpc) is 2.30. The van der Waals surface area contributed by atoms with E-state index in [2.05, 4.69) is 19.2 Å². The molecule has 4 saturated carbocycles. The van der Waals surface area contributed by atoms with E-state index in [9.17, 15) is 9.59 Å². The molecule has 0 aromatic carbocycles. The van der Waals surface area contributed by atoms with Gasteiger partial charge in [0, 0.05) is 5.54 Å². The van der Waals surface area contributed by atoms with Crippen LogP contribution in [-0.2, 0) is 9.53 Å². The lowest BCUT2D eigenvalue weighted by Gasteiger charge is -2.65. The third kappa shape index (κ3) is 2.82. The first-order chi connectivity index (χ1) is 10.1. The van der Waals surface area contributed by atoms with Crippen molar-refractivity contribution >= 4 is 12.1 Å². The highest BCUT2D eigenvalue weighted by Gasteiger charge is 2.60. The van der Waals surface area contributed by atoms with Gasteiger partial charge in [-0.3, -0.25) is 4.79 Å². The predicted octanol–water partition coefficient (Wildman–Crippen LogP) is 3.18. The van der Waals surface area contributed by atoms with Crippen molar-refractivity contribution in [3.05, 3.63) is 0 Å². The van der Waals surface area contributed by atoms with Gasteiger partial charge in [-0.25, -0.2) is 4.79 Å². The molecule has 0 heterocycles. The standard InChI is InChI=1S/C17H27NO4/c1-11(13(19)20)7-22-14(21)18-17-6-12-4-15(2,9-17)8-16(3,5-12)10-17/h11-12H,4-10H2,1-3H3,(H,18,21)(H,19,20)/t11-,12?,15?,16?,17?/m0/s1. The normalized spacial score (nSPS) is 43.7. The fraction of sp³-hybridized carbons (Fsp3) is 0.882. The zero-order chi connectivity index (χ0) is 16.2. The summed E-state index contributed by atoms with van der Waals surface area (Å²) in [7, 11) is 0. The van der Waals surface area contributed by atoms with Crippen molar-refractivity contribution in [1.29, 1.82) is 0 Å². The molecule has 4 aliphatic carbocycles. The number of rotatable bonds is 4. The Morgan fingerprint density at radius 3 is 2.27 bits per heavy atom. The minimum atomic E-state index is -0.942. The van der Waals surface area contributed by atoms with E-state index in [1.807, 2.05) is 0 Å². The maximum absolute atomic E-state index is 12.1. The number of carboxylic acids is 1. The number of hydrogen-bond donors (Lipinski definition) is 2. The number of carbonyl (C=O) groups is 2. The van der Waals surface area contributed by atoms with Crippen LogP contribution in [0.4, 0.5) is 4.79 Å². The lowest BCUT2D eigenvalue weighted by molar-refractivity contribution is -0.142. The second-order valence-corrected chi connectivity index (χ2v) is 8.87.